The third-order valence-electron chi connectivity index (χ3n) is 4.32. The SMILES string of the molecule is Cc1cccc2c1CC(c1ccc3ccccc3c1)N2. The van der Waals surface area contributed by atoms with Gasteiger partial charge in [0.2, 0.25) is 0 Å². The molecule has 4 rings (SSSR count). The lowest BCUT2D eigenvalue weighted by atomic mass is 9.98. The number of hydrogen-bond acceptors (Lipinski definition) is 1. The number of nitrogens with one attached hydrogen (secondary N) is 1. The molecule has 0 saturated carbocycles. The quantitative estimate of drug-likeness (QED) is 0.658. The van der Waals surface area contributed by atoms with Crippen LogP contribution in [-0.2, 0) is 6.42 Å². The van der Waals surface area contributed by atoms with Gasteiger partial charge in [-0.2, -0.15) is 0 Å². The van der Waals surface area contributed by atoms with Gasteiger partial charge in [0.05, 0.1) is 6.04 Å². The van der Waals surface area contributed by atoms with Gasteiger partial charge in [0.1, 0.15) is 0 Å². The standard InChI is InChI=1S/C19H17N/c1-13-5-4-8-18-17(13)12-19(20-18)16-10-9-14-6-2-3-7-15(14)11-16/h2-11,19-20H,12H2,1H3. The van der Waals surface area contributed by atoms with Gasteiger partial charge in [-0.1, -0.05) is 48.5 Å². The summed E-state index contributed by atoms with van der Waals surface area (Å²) in [5.74, 6) is 0. The van der Waals surface area contributed by atoms with E-state index in [0.29, 0.717) is 6.04 Å². The first-order valence-corrected chi connectivity index (χ1v) is 7.15. The highest BCUT2D eigenvalue weighted by Crippen LogP contribution is 2.36. The number of aryl methyl sites for hydroxylation is 1. The van der Waals surface area contributed by atoms with Crippen LogP contribution in [-0.4, -0.2) is 0 Å². The minimum atomic E-state index is 0.399. The van der Waals surface area contributed by atoms with Gasteiger partial charge in [0.15, 0.2) is 0 Å². The van der Waals surface area contributed by atoms with E-state index in [4.69, 9.17) is 0 Å². The summed E-state index contributed by atoms with van der Waals surface area (Å²) in [5, 5.41) is 6.28. The number of benzene rings is 3. The molecule has 1 heteroatoms. The van der Waals surface area contributed by atoms with Crippen LogP contribution in [0.5, 0.6) is 0 Å². The molecular weight excluding hydrogens is 242 g/mol. The van der Waals surface area contributed by atoms with Crippen molar-refractivity contribution >= 4 is 16.5 Å². The minimum absolute atomic E-state index is 0.399. The van der Waals surface area contributed by atoms with Crippen molar-refractivity contribution < 1.29 is 0 Å². The molecule has 1 unspecified atom stereocenters. The number of fused-ring (bicyclic) bond motifs is 2. The smallest absolute Gasteiger partial charge is 0.0555 e. The second kappa shape index (κ2) is 4.38. The molecule has 0 bridgehead atoms. The largest absolute Gasteiger partial charge is 0.378 e. The average Bonchev–Trinajstić information content (AvgIpc) is 2.92. The molecule has 3 aromatic rings. The maximum Gasteiger partial charge on any atom is 0.0555 e. The van der Waals surface area contributed by atoms with E-state index in [9.17, 15) is 0 Å². The van der Waals surface area contributed by atoms with Crippen LogP contribution in [0.4, 0.5) is 5.69 Å². The molecule has 0 spiro atoms. The molecule has 0 aliphatic carbocycles. The first kappa shape index (κ1) is 11.5. The predicted molar refractivity (Wildman–Crippen MR) is 85.2 cm³/mol. The molecular formula is C19H17N. The van der Waals surface area contributed by atoms with Crippen molar-refractivity contribution in [1.29, 1.82) is 0 Å². The Labute approximate surface area is 119 Å². The van der Waals surface area contributed by atoms with Crippen molar-refractivity contribution in [1.82, 2.24) is 0 Å². The zero-order valence-electron chi connectivity index (χ0n) is 11.6. The fourth-order valence-electron chi connectivity index (χ4n) is 3.18. The Bertz CT molecular complexity index is 789. The van der Waals surface area contributed by atoms with Crippen LogP contribution >= 0.6 is 0 Å². The zero-order chi connectivity index (χ0) is 13.5. The molecule has 20 heavy (non-hydrogen) atoms. The molecule has 3 aromatic carbocycles. The first-order valence-electron chi connectivity index (χ1n) is 7.15. The second-order valence-electron chi connectivity index (χ2n) is 5.61. The fourth-order valence-corrected chi connectivity index (χ4v) is 3.18. The normalized spacial score (nSPS) is 16.9. The van der Waals surface area contributed by atoms with E-state index in [1.54, 1.807) is 0 Å². The van der Waals surface area contributed by atoms with E-state index < -0.39 is 0 Å². The average molecular weight is 259 g/mol. The molecule has 0 radical (unpaired) electrons. The molecule has 1 aliphatic heterocycles. The van der Waals surface area contributed by atoms with Crippen molar-refractivity contribution in [3.8, 4) is 0 Å². The van der Waals surface area contributed by atoms with Gasteiger partial charge in [0, 0.05) is 5.69 Å². The Balaban J connectivity index is 1.73. The Morgan fingerprint density at radius 1 is 0.900 bits per heavy atom. The fraction of sp³-hybridized carbons (Fsp3) is 0.158. The summed E-state index contributed by atoms with van der Waals surface area (Å²) in [5.41, 5.74) is 5.52. The third-order valence-corrected chi connectivity index (χ3v) is 4.32. The van der Waals surface area contributed by atoms with Crippen molar-refractivity contribution in [2.75, 3.05) is 5.32 Å². The van der Waals surface area contributed by atoms with Crippen LogP contribution in [0.2, 0.25) is 0 Å². The Morgan fingerprint density at radius 3 is 2.60 bits per heavy atom. The van der Waals surface area contributed by atoms with Gasteiger partial charge < -0.3 is 5.32 Å². The van der Waals surface area contributed by atoms with E-state index in [2.05, 4.69) is 72.9 Å². The molecule has 0 amide bonds. The lowest BCUT2D eigenvalue weighted by molar-refractivity contribution is 0.823. The van der Waals surface area contributed by atoms with Crippen LogP contribution in [0.1, 0.15) is 22.7 Å². The summed E-state index contributed by atoms with van der Waals surface area (Å²) in [4.78, 5) is 0. The molecule has 98 valence electrons. The van der Waals surface area contributed by atoms with E-state index in [-0.39, 0.29) is 0 Å². The summed E-state index contributed by atoms with van der Waals surface area (Å²) in [6, 6.07) is 22.2. The van der Waals surface area contributed by atoms with Gasteiger partial charge in [-0.15, -0.1) is 0 Å². The molecule has 0 saturated heterocycles. The van der Waals surface area contributed by atoms with Crippen LogP contribution in [0.15, 0.2) is 60.7 Å². The minimum Gasteiger partial charge on any atom is -0.378 e. The summed E-state index contributed by atoms with van der Waals surface area (Å²) in [6.45, 7) is 2.20. The van der Waals surface area contributed by atoms with E-state index in [1.165, 1.54) is 33.2 Å². The zero-order valence-corrected chi connectivity index (χ0v) is 11.6. The predicted octanol–water partition coefficient (Wildman–Crippen LogP) is 4.86. The van der Waals surface area contributed by atoms with E-state index in [0.717, 1.165) is 6.42 Å². The molecule has 1 atom stereocenters. The highest BCUT2D eigenvalue weighted by Gasteiger charge is 2.23. The highest BCUT2D eigenvalue weighted by molar-refractivity contribution is 5.83. The summed E-state index contributed by atoms with van der Waals surface area (Å²) >= 11 is 0. The first-order chi connectivity index (χ1) is 9.81. The van der Waals surface area contributed by atoms with Gasteiger partial charge in [-0.3, -0.25) is 0 Å². The maximum absolute atomic E-state index is 3.66. The molecule has 1 N–H and O–H groups in total. The van der Waals surface area contributed by atoms with E-state index in [1.807, 2.05) is 0 Å². The van der Waals surface area contributed by atoms with E-state index >= 15 is 0 Å². The lowest BCUT2D eigenvalue weighted by Gasteiger charge is -2.12. The van der Waals surface area contributed by atoms with Crippen molar-refractivity contribution in [2.45, 2.75) is 19.4 Å². The monoisotopic (exact) mass is 259 g/mol. The Hall–Kier alpha value is -2.28. The number of anilines is 1. The van der Waals surface area contributed by atoms with Crippen molar-refractivity contribution in [3.63, 3.8) is 0 Å². The third kappa shape index (κ3) is 1.78. The Morgan fingerprint density at radius 2 is 1.75 bits per heavy atom. The number of hydrogen-bond donors (Lipinski definition) is 1. The van der Waals surface area contributed by atoms with Gasteiger partial charge in [-0.05, 0) is 52.9 Å². The Kier molecular flexibility index (Phi) is 2.53. The van der Waals surface area contributed by atoms with Crippen LogP contribution < -0.4 is 5.32 Å². The molecule has 1 heterocycles. The topological polar surface area (TPSA) is 12.0 Å². The second-order valence-corrected chi connectivity index (χ2v) is 5.61. The van der Waals surface area contributed by atoms with Crippen LogP contribution in [0.3, 0.4) is 0 Å². The molecule has 0 aromatic heterocycles. The van der Waals surface area contributed by atoms with Crippen LogP contribution in [0, 0.1) is 6.92 Å². The summed E-state index contributed by atoms with van der Waals surface area (Å²) in [7, 11) is 0. The van der Waals surface area contributed by atoms with Gasteiger partial charge in [0.25, 0.3) is 0 Å². The molecule has 1 aliphatic rings. The summed E-state index contributed by atoms with van der Waals surface area (Å²) < 4.78 is 0. The number of rotatable bonds is 1. The highest BCUT2D eigenvalue weighted by atomic mass is 14.9. The lowest BCUT2D eigenvalue weighted by Crippen LogP contribution is -2.05. The maximum atomic E-state index is 3.66. The van der Waals surface area contributed by atoms with Crippen molar-refractivity contribution in [2.24, 2.45) is 0 Å². The summed E-state index contributed by atoms with van der Waals surface area (Å²) in [6.07, 6.45) is 1.08. The van der Waals surface area contributed by atoms with Crippen LogP contribution in [0.25, 0.3) is 10.8 Å². The molecule has 1 nitrogen and oxygen atoms in total. The van der Waals surface area contributed by atoms with Gasteiger partial charge in [-0.25, -0.2) is 0 Å². The van der Waals surface area contributed by atoms with Gasteiger partial charge >= 0.3 is 0 Å². The molecule has 0 fully saturated rings. The van der Waals surface area contributed by atoms with Crippen molar-refractivity contribution in [3.05, 3.63) is 77.4 Å².